The van der Waals surface area contributed by atoms with Crippen molar-refractivity contribution in [1.82, 2.24) is 15.0 Å². The third-order valence-corrected chi connectivity index (χ3v) is 4.84. The van der Waals surface area contributed by atoms with Crippen molar-refractivity contribution in [2.45, 2.75) is 33.1 Å². The number of aryl methyl sites for hydroxylation is 1. The summed E-state index contributed by atoms with van der Waals surface area (Å²) in [6.45, 7) is 8.76. The van der Waals surface area contributed by atoms with Crippen molar-refractivity contribution in [2.24, 2.45) is 0 Å². The molecule has 0 atom stereocenters. The molecule has 27 heavy (non-hydrogen) atoms. The Morgan fingerprint density at radius 3 is 2.26 bits per heavy atom. The second-order valence-electron chi connectivity index (χ2n) is 7.94. The van der Waals surface area contributed by atoms with Crippen LogP contribution in [-0.4, -0.2) is 15.0 Å². The van der Waals surface area contributed by atoms with Gasteiger partial charge in [0.25, 0.3) is 0 Å². The molecule has 0 amide bonds. The SMILES string of the molecule is Cc1ccc(-c2ncc3ccccc3n2)nc1-c1ccc(C(C)(C)C)cc1. The largest absolute Gasteiger partial charge is 0.244 e. The Labute approximate surface area is 160 Å². The van der Waals surface area contributed by atoms with Gasteiger partial charge in [0.05, 0.1) is 11.2 Å². The van der Waals surface area contributed by atoms with E-state index in [4.69, 9.17) is 4.98 Å². The zero-order valence-electron chi connectivity index (χ0n) is 16.2. The summed E-state index contributed by atoms with van der Waals surface area (Å²) < 4.78 is 0. The van der Waals surface area contributed by atoms with E-state index >= 15 is 0 Å². The zero-order valence-corrected chi connectivity index (χ0v) is 16.2. The summed E-state index contributed by atoms with van der Waals surface area (Å²) in [7, 11) is 0. The summed E-state index contributed by atoms with van der Waals surface area (Å²) in [5.41, 5.74) is 6.41. The summed E-state index contributed by atoms with van der Waals surface area (Å²) >= 11 is 0. The predicted molar refractivity (Wildman–Crippen MR) is 112 cm³/mol. The normalized spacial score (nSPS) is 11.7. The number of aromatic nitrogens is 3. The number of para-hydroxylation sites is 1. The molecule has 134 valence electrons. The van der Waals surface area contributed by atoms with Gasteiger partial charge in [0.2, 0.25) is 0 Å². The summed E-state index contributed by atoms with van der Waals surface area (Å²) in [5.74, 6) is 0.654. The molecule has 0 radical (unpaired) electrons. The lowest BCUT2D eigenvalue weighted by Gasteiger charge is -2.19. The van der Waals surface area contributed by atoms with E-state index in [0.717, 1.165) is 33.4 Å². The third kappa shape index (κ3) is 3.45. The third-order valence-electron chi connectivity index (χ3n) is 4.84. The summed E-state index contributed by atoms with van der Waals surface area (Å²) in [6.07, 6.45) is 1.86. The van der Waals surface area contributed by atoms with Crippen LogP contribution in [0.25, 0.3) is 33.7 Å². The minimum Gasteiger partial charge on any atom is -0.244 e. The van der Waals surface area contributed by atoms with E-state index in [9.17, 15) is 0 Å². The van der Waals surface area contributed by atoms with Crippen molar-refractivity contribution in [3.8, 4) is 22.8 Å². The van der Waals surface area contributed by atoms with Gasteiger partial charge in [-0.05, 0) is 35.6 Å². The highest BCUT2D eigenvalue weighted by Gasteiger charge is 2.14. The highest BCUT2D eigenvalue weighted by atomic mass is 14.9. The van der Waals surface area contributed by atoms with Crippen LogP contribution >= 0.6 is 0 Å². The van der Waals surface area contributed by atoms with Crippen molar-refractivity contribution in [3.05, 3.63) is 78.0 Å². The first kappa shape index (κ1) is 17.3. The number of benzene rings is 2. The lowest BCUT2D eigenvalue weighted by atomic mass is 9.86. The number of hydrogen-bond donors (Lipinski definition) is 0. The van der Waals surface area contributed by atoms with Crippen LogP contribution in [0.2, 0.25) is 0 Å². The molecule has 0 fully saturated rings. The quantitative estimate of drug-likeness (QED) is 0.446. The van der Waals surface area contributed by atoms with Crippen LogP contribution in [0.15, 0.2) is 66.9 Å². The second kappa shape index (κ2) is 6.58. The summed E-state index contributed by atoms with van der Waals surface area (Å²) in [6, 6.07) is 20.8. The van der Waals surface area contributed by atoms with Crippen LogP contribution in [0.5, 0.6) is 0 Å². The first-order chi connectivity index (χ1) is 12.9. The van der Waals surface area contributed by atoms with Gasteiger partial charge in [0.15, 0.2) is 5.82 Å². The van der Waals surface area contributed by atoms with Gasteiger partial charge < -0.3 is 0 Å². The minimum absolute atomic E-state index is 0.141. The second-order valence-corrected chi connectivity index (χ2v) is 7.94. The average Bonchev–Trinajstić information content (AvgIpc) is 2.67. The van der Waals surface area contributed by atoms with E-state index < -0.39 is 0 Å². The molecule has 3 nitrogen and oxygen atoms in total. The molecule has 0 saturated heterocycles. The highest BCUT2D eigenvalue weighted by molar-refractivity contribution is 5.79. The van der Waals surface area contributed by atoms with E-state index in [0.29, 0.717) is 5.82 Å². The fourth-order valence-electron chi connectivity index (χ4n) is 3.17. The maximum absolute atomic E-state index is 4.89. The monoisotopic (exact) mass is 353 g/mol. The molecular formula is C24H23N3. The lowest BCUT2D eigenvalue weighted by molar-refractivity contribution is 0.590. The molecule has 2 heterocycles. The molecule has 2 aromatic carbocycles. The summed E-state index contributed by atoms with van der Waals surface area (Å²) in [5, 5.41) is 1.03. The summed E-state index contributed by atoms with van der Waals surface area (Å²) in [4.78, 5) is 14.1. The van der Waals surface area contributed by atoms with Crippen LogP contribution in [0.3, 0.4) is 0 Å². The van der Waals surface area contributed by atoms with Crippen LogP contribution in [0.1, 0.15) is 31.9 Å². The van der Waals surface area contributed by atoms with Gasteiger partial charge in [0.1, 0.15) is 5.69 Å². The Morgan fingerprint density at radius 1 is 0.778 bits per heavy atom. The highest BCUT2D eigenvalue weighted by Crippen LogP contribution is 2.28. The molecule has 0 aliphatic carbocycles. The van der Waals surface area contributed by atoms with Crippen LogP contribution in [0, 0.1) is 6.92 Å². The van der Waals surface area contributed by atoms with Crippen molar-refractivity contribution in [1.29, 1.82) is 0 Å². The standard InChI is InChI=1S/C24H23N3/c1-16-9-14-21(23-25-15-18-7-5-6-8-20(18)27-23)26-22(16)17-10-12-19(13-11-17)24(2,3)4/h5-15H,1-4H3. The van der Waals surface area contributed by atoms with Gasteiger partial charge in [-0.25, -0.2) is 15.0 Å². The van der Waals surface area contributed by atoms with E-state index in [2.05, 4.69) is 68.0 Å². The number of hydrogen-bond acceptors (Lipinski definition) is 3. The van der Waals surface area contributed by atoms with Crippen molar-refractivity contribution >= 4 is 10.9 Å². The maximum atomic E-state index is 4.89. The van der Waals surface area contributed by atoms with Gasteiger partial charge in [-0.2, -0.15) is 0 Å². The molecule has 0 aliphatic rings. The smallest absolute Gasteiger partial charge is 0.178 e. The number of nitrogens with zero attached hydrogens (tertiary/aromatic N) is 3. The van der Waals surface area contributed by atoms with Crippen molar-refractivity contribution in [3.63, 3.8) is 0 Å². The molecule has 0 unspecified atom stereocenters. The molecule has 0 bridgehead atoms. The van der Waals surface area contributed by atoms with Crippen LogP contribution in [0.4, 0.5) is 0 Å². The first-order valence-electron chi connectivity index (χ1n) is 9.22. The number of fused-ring (bicyclic) bond motifs is 1. The topological polar surface area (TPSA) is 38.7 Å². The van der Waals surface area contributed by atoms with E-state index in [1.807, 2.05) is 36.5 Å². The fraction of sp³-hybridized carbons (Fsp3) is 0.208. The maximum Gasteiger partial charge on any atom is 0.178 e. The predicted octanol–water partition coefficient (Wildman–Crippen LogP) is 5.96. The minimum atomic E-state index is 0.141. The molecule has 0 aliphatic heterocycles. The number of rotatable bonds is 2. The Bertz CT molecular complexity index is 1110. The Morgan fingerprint density at radius 2 is 1.52 bits per heavy atom. The Balaban J connectivity index is 1.76. The first-order valence-corrected chi connectivity index (χ1v) is 9.22. The van der Waals surface area contributed by atoms with E-state index in [-0.39, 0.29) is 5.41 Å². The van der Waals surface area contributed by atoms with Gasteiger partial charge in [-0.1, -0.05) is 69.3 Å². The molecule has 2 aromatic heterocycles. The van der Waals surface area contributed by atoms with Crippen molar-refractivity contribution < 1.29 is 0 Å². The van der Waals surface area contributed by atoms with Crippen LogP contribution < -0.4 is 0 Å². The molecule has 0 spiro atoms. The molecule has 0 saturated carbocycles. The Hall–Kier alpha value is -3.07. The zero-order chi connectivity index (χ0) is 19.0. The van der Waals surface area contributed by atoms with Crippen LogP contribution in [-0.2, 0) is 5.41 Å². The van der Waals surface area contributed by atoms with Gasteiger partial charge in [0, 0.05) is 17.1 Å². The Kier molecular flexibility index (Phi) is 4.23. The molecule has 0 N–H and O–H groups in total. The molecule has 4 aromatic rings. The van der Waals surface area contributed by atoms with Gasteiger partial charge in [-0.15, -0.1) is 0 Å². The van der Waals surface area contributed by atoms with Crippen molar-refractivity contribution in [2.75, 3.05) is 0 Å². The van der Waals surface area contributed by atoms with E-state index in [1.165, 1.54) is 5.56 Å². The van der Waals surface area contributed by atoms with E-state index in [1.54, 1.807) is 0 Å². The molecule has 3 heteroatoms. The molecule has 4 rings (SSSR count). The van der Waals surface area contributed by atoms with Gasteiger partial charge >= 0.3 is 0 Å². The molecular weight excluding hydrogens is 330 g/mol. The number of pyridine rings is 1. The lowest BCUT2D eigenvalue weighted by Crippen LogP contribution is -2.10. The average molecular weight is 353 g/mol. The van der Waals surface area contributed by atoms with Gasteiger partial charge in [-0.3, -0.25) is 0 Å². The fourth-order valence-corrected chi connectivity index (χ4v) is 3.17.